The van der Waals surface area contributed by atoms with Crippen molar-refractivity contribution in [1.82, 2.24) is 10.9 Å². The molecule has 0 bridgehead atoms. The van der Waals surface area contributed by atoms with Crippen molar-refractivity contribution in [3.63, 3.8) is 0 Å². The summed E-state index contributed by atoms with van der Waals surface area (Å²) < 4.78 is 5.47. The highest BCUT2D eigenvalue weighted by Crippen LogP contribution is 2.17. The summed E-state index contributed by atoms with van der Waals surface area (Å²) in [6.07, 6.45) is 0.624. The van der Waals surface area contributed by atoms with E-state index in [-0.39, 0.29) is 0 Å². The molecule has 0 fully saturated rings. The van der Waals surface area contributed by atoms with Gasteiger partial charge in [0.1, 0.15) is 5.75 Å². The average Bonchev–Trinajstić information content (AvgIpc) is 2.46. The van der Waals surface area contributed by atoms with Crippen molar-refractivity contribution < 1.29 is 24.2 Å². The third-order valence-corrected chi connectivity index (χ3v) is 2.85. The van der Waals surface area contributed by atoms with E-state index in [4.69, 9.17) is 9.84 Å². The fourth-order valence-electron chi connectivity index (χ4n) is 1.46. The standard InChI is InChI=1S/C15H18N2O5/c1-9-4-5-12(8-10(9)2)22-11(3)15(21)17-16-13(18)6-7-14(19)20/h4-8,11H,1-3H3,(H,16,18)(H,17,21)(H,19,20)/b7-6-/t11-/m1/s1. The molecule has 0 heterocycles. The molecule has 1 aromatic carbocycles. The van der Waals surface area contributed by atoms with Gasteiger partial charge in [-0.2, -0.15) is 0 Å². The molecular weight excluding hydrogens is 288 g/mol. The predicted molar refractivity (Wildman–Crippen MR) is 79.1 cm³/mol. The van der Waals surface area contributed by atoms with Gasteiger partial charge in [0.15, 0.2) is 6.10 Å². The highest BCUT2D eigenvalue weighted by Gasteiger charge is 2.15. The summed E-state index contributed by atoms with van der Waals surface area (Å²) in [6, 6.07) is 5.45. The van der Waals surface area contributed by atoms with Gasteiger partial charge in [-0.25, -0.2) is 4.79 Å². The summed E-state index contributed by atoms with van der Waals surface area (Å²) >= 11 is 0. The summed E-state index contributed by atoms with van der Waals surface area (Å²) in [6.45, 7) is 5.43. The first-order valence-corrected chi connectivity index (χ1v) is 6.54. The highest BCUT2D eigenvalue weighted by molar-refractivity contribution is 5.95. The maximum Gasteiger partial charge on any atom is 0.328 e. The van der Waals surface area contributed by atoms with E-state index in [1.54, 1.807) is 6.07 Å². The van der Waals surface area contributed by atoms with Crippen LogP contribution in [0.2, 0.25) is 0 Å². The highest BCUT2D eigenvalue weighted by atomic mass is 16.5. The molecule has 1 atom stereocenters. The van der Waals surface area contributed by atoms with Crippen molar-refractivity contribution in [2.24, 2.45) is 0 Å². The van der Waals surface area contributed by atoms with Crippen LogP contribution in [-0.2, 0) is 14.4 Å². The van der Waals surface area contributed by atoms with Gasteiger partial charge in [0.05, 0.1) is 0 Å². The lowest BCUT2D eigenvalue weighted by Gasteiger charge is -2.15. The first-order chi connectivity index (χ1) is 10.3. The quantitative estimate of drug-likeness (QED) is 0.553. The third-order valence-electron chi connectivity index (χ3n) is 2.85. The molecule has 3 N–H and O–H groups in total. The van der Waals surface area contributed by atoms with Crippen LogP contribution in [-0.4, -0.2) is 29.0 Å². The Hall–Kier alpha value is -2.83. The summed E-state index contributed by atoms with van der Waals surface area (Å²) in [5.74, 6) is -2.03. The van der Waals surface area contributed by atoms with Crippen LogP contribution in [0, 0.1) is 13.8 Å². The Balaban J connectivity index is 2.49. The number of hydrogen-bond donors (Lipinski definition) is 3. The summed E-state index contributed by atoms with van der Waals surface area (Å²) in [5, 5.41) is 8.36. The number of rotatable bonds is 5. The van der Waals surface area contributed by atoms with E-state index in [1.807, 2.05) is 26.0 Å². The molecule has 0 aromatic heterocycles. The van der Waals surface area contributed by atoms with Crippen LogP contribution in [0.3, 0.4) is 0 Å². The van der Waals surface area contributed by atoms with Crippen LogP contribution in [0.4, 0.5) is 0 Å². The van der Waals surface area contributed by atoms with E-state index in [1.165, 1.54) is 6.92 Å². The number of hydrazine groups is 1. The predicted octanol–water partition coefficient (Wildman–Crippen LogP) is 0.859. The van der Waals surface area contributed by atoms with Crippen molar-refractivity contribution in [2.75, 3.05) is 0 Å². The minimum absolute atomic E-state index is 0.544. The molecule has 0 saturated carbocycles. The van der Waals surface area contributed by atoms with Gasteiger partial charge in [-0.1, -0.05) is 6.07 Å². The van der Waals surface area contributed by atoms with Gasteiger partial charge in [-0.3, -0.25) is 20.4 Å². The van der Waals surface area contributed by atoms with Gasteiger partial charge in [-0.15, -0.1) is 0 Å². The van der Waals surface area contributed by atoms with E-state index in [2.05, 4.69) is 10.9 Å². The van der Waals surface area contributed by atoms with Crippen LogP contribution >= 0.6 is 0 Å². The molecule has 0 spiro atoms. The number of nitrogens with one attached hydrogen (secondary N) is 2. The number of benzene rings is 1. The van der Waals surface area contributed by atoms with Gasteiger partial charge >= 0.3 is 5.97 Å². The van der Waals surface area contributed by atoms with Crippen LogP contribution in [0.25, 0.3) is 0 Å². The van der Waals surface area contributed by atoms with Gasteiger partial charge < -0.3 is 9.84 Å². The zero-order valence-electron chi connectivity index (χ0n) is 12.5. The normalized spacial score (nSPS) is 11.8. The number of carboxylic acids is 1. The van der Waals surface area contributed by atoms with E-state index < -0.39 is 23.9 Å². The monoisotopic (exact) mass is 306 g/mol. The van der Waals surface area contributed by atoms with Gasteiger partial charge in [0.2, 0.25) is 0 Å². The van der Waals surface area contributed by atoms with Crippen molar-refractivity contribution >= 4 is 17.8 Å². The molecule has 22 heavy (non-hydrogen) atoms. The molecule has 7 nitrogen and oxygen atoms in total. The van der Waals surface area contributed by atoms with Crippen LogP contribution in [0.15, 0.2) is 30.4 Å². The lowest BCUT2D eigenvalue weighted by Crippen LogP contribution is -2.46. The second kappa shape index (κ2) is 7.82. The van der Waals surface area contributed by atoms with Crippen LogP contribution in [0.1, 0.15) is 18.1 Å². The molecule has 0 aliphatic carbocycles. The summed E-state index contributed by atoms with van der Waals surface area (Å²) in [5.41, 5.74) is 6.35. The third kappa shape index (κ3) is 5.66. The number of aryl methyl sites for hydroxylation is 2. The fraction of sp³-hybridized carbons (Fsp3) is 0.267. The lowest BCUT2D eigenvalue weighted by molar-refractivity contribution is -0.132. The molecule has 0 saturated heterocycles. The molecule has 1 rings (SSSR count). The number of amides is 2. The van der Waals surface area contributed by atoms with Crippen molar-refractivity contribution in [3.8, 4) is 5.75 Å². The Morgan fingerprint density at radius 3 is 2.41 bits per heavy atom. The van der Waals surface area contributed by atoms with Crippen LogP contribution in [0.5, 0.6) is 5.75 Å². The van der Waals surface area contributed by atoms with E-state index in [0.717, 1.165) is 17.2 Å². The topological polar surface area (TPSA) is 105 Å². The molecule has 0 radical (unpaired) electrons. The van der Waals surface area contributed by atoms with Gasteiger partial charge in [0.25, 0.3) is 11.8 Å². The molecule has 2 amide bonds. The Labute approximate surface area is 127 Å². The van der Waals surface area contributed by atoms with Crippen LogP contribution < -0.4 is 15.6 Å². The molecule has 1 aromatic rings. The Bertz CT molecular complexity index is 610. The number of hydrogen-bond acceptors (Lipinski definition) is 4. The number of ether oxygens (including phenoxy) is 1. The largest absolute Gasteiger partial charge is 0.481 e. The zero-order valence-corrected chi connectivity index (χ0v) is 12.5. The molecule has 0 unspecified atom stereocenters. The lowest BCUT2D eigenvalue weighted by atomic mass is 10.1. The molecule has 118 valence electrons. The summed E-state index contributed by atoms with van der Waals surface area (Å²) in [4.78, 5) is 33.2. The minimum Gasteiger partial charge on any atom is -0.481 e. The molecule has 7 heteroatoms. The SMILES string of the molecule is Cc1ccc(O[C@H](C)C(=O)NNC(=O)/C=C\C(=O)O)cc1C. The number of carbonyl (C=O) groups is 3. The summed E-state index contributed by atoms with van der Waals surface area (Å²) in [7, 11) is 0. The number of carbonyl (C=O) groups excluding carboxylic acids is 2. The van der Waals surface area contributed by atoms with E-state index in [0.29, 0.717) is 11.8 Å². The van der Waals surface area contributed by atoms with Crippen molar-refractivity contribution in [2.45, 2.75) is 26.9 Å². The molecule has 0 aliphatic heterocycles. The van der Waals surface area contributed by atoms with Crippen molar-refractivity contribution in [1.29, 1.82) is 0 Å². The van der Waals surface area contributed by atoms with Gasteiger partial charge in [0, 0.05) is 12.2 Å². The maximum absolute atomic E-state index is 11.8. The van der Waals surface area contributed by atoms with Gasteiger partial charge in [-0.05, 0) is 44.0 Å². The first kappa shape index (κ1) is 17.2. The Kier molecular flexibility index (Phi) is 6.12. The van der Waals surface area contributed by atoms with E-state index in [9.17, 15) is 14.4 Å². The Morgan fingerprint density at radius 1 is 1.14 bits per heavy atom. The van der Waals surface area contributed by atoms with E-state index >= 15 is 0 Å². The minimum atomic E-state index is -1.26. The number of carboxylic acid groups (broad SMARTS) is 1. The van der Waals surface area contributed by atoms with Crippen molar-refractivity contribution in [3.05, 3.63) is 41.5 Å². The zero-order chi connectivity index (χ0) is 16.7. The second-order valence-electron chi connectivity index (χ2n) is 4.66. The smallest absolute Gasteiger partial charge is 0.328 e. The average molecular weight is 306 g/mol. The second-order valence-corrected chi connectivity index (χ2v) is 4.66. The molecule has 0 aliphatic rings. The molecular formula is C15H18N2O5. The maximum atomic E-state index is 11.8. The fourth-order valence-corrected chi connectivity index (χ4v) is 1.46. The number of aliphatic carboxylic acids is 1. The Morgan fingerprint density at radius 2 is 1.82 bits per heavy atom. The first-order valence-electron chi connectivity index (χ1n) is 6.54.